The first-order chi connectivity index (χ1) is 9.60. The number of hydrogen-bond donors (Lipinski definition) is 1. The van der Waals surface area contributed by atoms with Crippen molar-refractivity contribution in [3.8, 4) is 0 Å². The molecule has 0 aromatic heterocycles. The first kappa shape index (κ1) is 13.8. The second-order valence-corrected chi connectivity index (χ2v) is 6.37. The molecule has 1 aromatic rings. The molecular weight excluding hydrogens is 249 g/mol. The zero-order chi connectivity index (χ0) is 14.2. The number of hydrogen-bond acceptors (Lipinski definition) is 4. The summed E-state index contributed by atoms with van der Waals surface area (Å²) in [5, 5.41) is 0. The molecule has 2 heterocycles. The van der Waals surface area contributed by atoms with Crippen molar-refractivity contribution >= 4 is 13.6 Å². The van der Waals surface area contributed by atoms with Crippen LogP contribution in [0, 0.1) is 5.41 Å². The maximum Gasteiger partial charge on any atom is 0.293 e. The summed E-state index contributed by atoms with van der Waals surface area (Å²) in [7, 11) is 1.65. The quantitative estimate of drug-likeness (QED) is 0.630. The van der Waals surface area contributed by atoms with Gasteiger partial charge in [-0.2, -0.15) is 0 Å². The maximum atomic E-state index is 10.4. The summed E-state index contributed by atoms with van der Waals surface area (Å²) in [6.07, 6.45) is 0.878. The third kappa shape index (κ3) is 2.66. The molecule has 2 N–H and O–H groups in total. The predicted molar refractivity (Wildman–Crippen MR) is 80.8 cm³/mol. The van der Waals surface area contributed by atoms with Crippen LogP contribution in [0.1, 0.15) is 24.1 Å². The van der Waals surface area contributed by atoms with Gasteiger partial charge in [-0.3, -0.25) is 4.90 Å². The molecule has 105 valence electrons. The summed E-state index contributed by atoms with van der Waals surface area (Å²) in [4.78, 5) is 15.0. The molecule has 2 saturated heterocycles. The zero-order valence-electron chi connectivity index (χ0n) is 12.0. The van der Waals surface area contributed by atoms with E-state index in [1.165, 1.54) is 11.1 Å². The number of carbonyl (C=O) groups is 1. The fourth-order valence-electron chi connectivity index (χ4n) is 3.41. The number of benzene rings is 1. The Morgan fingerprint density at radius 2 is 1.95 bits per heavy atom. The van der Waals surface area contributed by atoms with Crippen LogP contribution in [-0.4, -0.2) is 49.5 Å². The van der Waals surface area contributed by atoms with Gasteiger partial charge in [0, 0.05) is 31.1 Å². The van der Waals surface area contributed by atoms with Crippen LogP contribution in [0.25, 0.3) is 0 Å². The molecule has 20 heavy (non-hydrogen) atoms. The summed E-state index contributed by atoms with van der Waals surface area (Å²) in [6, 6.07) is 8.71. The largest absolute Gasteiger partial charge is 0.339 e. The molecule has 0 amide bonds. The van der Waals surface area contributed by atoms with E-state index in [9.17, 15) is 4.79 Å². The second kappa shape index (κ2) is 5.32. The molecule has 0 bridgehead atoms. The highest BCUT2D eigenvalue weighted by Crippen LogP contribution is 2.39. The summed E-state index contributed by atoms with van der Waals surface area (Å²) in [6.45, 7) is 7.37. The van der Waals surface area contributed by atoms with Crippen molar-refractivity contribution in [1.29, 1.82) is 0 Å². The lowest BCUT2D eigenvalue weighted by atomic mass is 9.68. The molecule has 0 unspecified atom stereocenters. The van der Waals surface area contributed by atoms with Gasteiger partial charge in [-0.1, -0.05) is 24.3 Å². The van der Waals surface area contributed by atoms with Gasteiger partial charge in [0.15, 0.2) is 0 Å². The van der Waals surface area contributed by atoms with E-state index in [1.54, 1.807) is 7.41 Å². The van der Waals surface area contributed by atoms with Gasteiger partial charge in [-0.15, -0.1) is 0 Å². The summed E-state index contributed by atoms with van der Waals surface area (Å²) < 4.78 is 0. The van der Waals surface area contributed by atoms with E-state index in [-0.39, 0.29) is 6.04 Å². The number of rotatable bonds is 5. The molecule has 4 nitrogen and oxygen atoms in total. The number of likely N-dealkylation sites (tertiary alicyclic amines) is 1. The Bertz CT molecular complexity index is 474. The average molecular weight is 270 g/mol. The standard InChI is InChI=1S/C15H21BN3O/c1-12(17)14-4-2-13(3-5-14)6-18-7-15(8-18)9-19(10-15)16-11-20/h2-5,11-12H,6-10,17H2,1H3/t12-/m0/s1. The van der Waals surface area contributed by atoms with Gasteiger partial charge >= 0.3 is 0 Å². The number of nitrogens with zero attached hydrogens (tertiary/aromatic N) is 2. The monoisotopic (exact) mass is 270 g/mol. The zero-order valence-corrected chi connectivity index (χ0v) is 12.0. The fraction of sp³-hybridized carbons (Fsp3) is 0.533. The Hall–Kier alpha value is -1.17. The Balaban J connectivity index is 1.46. The lowest BCUT2D eigenvalue weighted by Gasteiger charge is -2.60. The summed E-state index contributed by atoms with van der Waals surface area (Å²) >= 11 is 0. The van der Waals surface area contributed by atoms with Gasteiger partial charge in [0.1, 0.15) is 0 Å². The third-order valence-corrected chi connectivity index (χ3v) is 4.38. The van der Waals surface area contributed by atoms with Gasteiger partial charge in [-0.05, 0) is 31.1 Å². The SMILES string of the molecule is C[C@H](N)c1ccc(CN2CC3(CN([B]C=O)C3)C2)cc1. The first-order valence-electron chi connectivity index (χ1n) is 7.20. The van der Waals surface area contributed by atoms with Crippen LogP contribution in [0.2, 0.25) is 0 Å². The van der Waals surface area contributed by atoms with Crippen LogP contribution in [0.4, 0.5) is 0 Å². The van der Waals surface area contributed by atoms with E-state index in [0.717, 1.165) is 38.9 Å². The molecule has 1 atom stereocenters. The molecule has 0 saturated carbocycles. The van der Waals surface area contributed by atoms with Gasteiger partial charge in [0.25, 0.3) is 7.41 Å². The minimum Gasteiger partial charge on any atom is -0.339 e. The van der Waals surface area contributed by atoms with Crippen LogP contribution < -0.4 is 5.73 Å². The molecule has 1 spiro atoms. The highest BCUT2D eigenvalue weighted by Gasteiger charge is 2.50. The smallest absolute Gasteiger partial charge is 0.293 e. The Labute approximate surface area is 121 Å². The van der Waals surface area contributed by atoms with Gasteiger partial charge in [0.2, 0.25) is 0 Å². The lowest BCUT2D eigenvalue weighted by molar-refractivity contribution is -0.0855. The molecule has 1 aromatic carbocycles. The van der Waals surface area contributed by atoms with E-state index in [2.05, 4.69) is 34.0 Å². The van der Waals surface area contributed by atoms with Crippen molar-refractivity contribution in [2.45, 2.75) is 19.5 Å². The van der Waals surface area contributed by atoms with Crippen molar-refractivity contribution in [1.82, 2.24) is 9.71 Å². The molecule has 2 aliphatic rings. The topological polar surface area (TPSA) is 49.6 Å². The Kier molecular flexibility index (Phi) is 3.67. The highest BCUT2D eigenvalue weighted by atomic mass is 16.1. The minimum atomic E-state index is 0.103. The summed E-state index contributed by atoms with van der Waals surface area (Å²) in [5.74, 6) is 0. The molecule has 5 heteroatoms. The molecule has 2 fully saturated rings. The van der Waals surface area contributed by atoms with Gasteiger partial charge in [0.05, 0.1) is 6.19 Å². The van der Waals surface area contributed by atoms with E-state index in [4.69, 9.17) is 5.73 Å². The molecule has 1 radical (unpaired) electrons. The summed E-state index contributed by atoms with van der Waals surface area (Å²) in [5.41, 5.74) is 8.84. The van der Waals surface area contributed by atoms with Crippen LogP contribution in [0.3, 0.4) is 0 Å². The average Bonchev–Trinajstić information content (AvgIpc) is 2.34. The fourth-order valence-corrected chi connectivity index (χ4v) is 3.41. The molecule has 0 aliphatic carbocycles. The highest BCUT2D eigenvalue weighted by molar-refractivity contribution is 6.64. The van der Waals surface area contributed by atoms with Crippen LogP contribution in [0.5, 0.6) is 0 Å². The Morgan fingerprint density at radius 3 is 2.50 bits per heavy atom. The van der Waals surface area contributed by atoms with Crippen LogP contribution >= 0.6 is 0 Å². The lowest BCUT2D eigenvalue weighted by Crippen LogP contribution is -2.72. The van der Waals surface area contributed by atoms with Crippen molar-refractivity contribution in [3.05, 3.63) is 35.4 Å². The van der Waals surface area contributed by atoms with E-state index < -0.39 is 0 Å². The van der Waals surface area contributed by atoms with Crippen molar-refractivity contribution in [2.75, 3.05) is 26.2 Å². The normalized spacial score (nSPS) is 22.9. The van der Waals surface area contributed by atoms with E-state index in [1.807, 2.05) is 6.92 Å². The molecular formula is C15H21BN3O. The maximum absolute atomic E-state index is 10.4. The third-order valence-electron chi connectivity index (χ3n) is 4.38. The molecule has 3 rings (SSSR count). The predicted octanol–water partition coefficient (Wildman–Crippen LogP) is 0.633. The van der Waals surface area contributed by atoms with E-state index >= 15 is 0 Å². The van der Waals surface area contributed by atoms with Gasteiger partial charge in [-0.25, -0.2) is 0 Å². The van der Waals surface area contributed by atoms with Crippen molar-refractivity contribution in [2.24, 2.45) is 11.1 Å². The van der Waals surface area contributed by atoms with Crippen molar-refractivity contribution < 1.29 is 4.79 Å². The first-order valence-corrected chi connectivity index (χ1v) is 7.20. The van der Waals surface area contributed by atoms with E-state index in [0.29, 0.717) is 5.41 Å². The van der Waals surface area contributed by atoms with Gasteiger partial charge < -0.3 is 15.3 Å². The number of nitrogens with two attached hydrogens (primary N) is 1. The van der Waals surface area contributed by atoms with Crippen molar-refractivity contribution in [3.63, 3.8) is 0 Å². The second-order valence-electron chi connectivity index (χ2n) is 6.37. The van der Waals surface area contributed by atoms with Crippen LogP contribution in [-0.2, 0) is 11.3 Å². The Morgan fingerprint density at radius 1 is 1.30 bits per heavy atom. The molecule has 2 aliphatic heterocycles. The van der Waals surface area contributed by atoms with Crippen LogP contribution in [0.15, 0.2) is 24.3 Å². The number of carbonyl (C=O) groups excluding carboxylic acids is 1. The minimum absolute atomic E-state index is 0.103.